The summed E-state index contributed by atoms with van der Waals surface area (Å²) in [4.78, 5) is 18.8. The Morgan fingerprint density at radius 3 is 2.14 bits per heavy atom. The summed E-state index contributed by atoms with van der Waals surface area (Å²) in [5, 5.41) is 3.52. The van der Waals surface area contributed by atoms with Crippen molar-refractivity contribution in [1.29, 1.82) is 0 Å². The van der Waals surface area contributed by atoms with E-state index in [1.54, 1.807) is 6.07 Å². The second kappa shape index (κ2) is 10.2. The molecule has 1 aliphatic heterocycles. The van der Waals surface area contributed by atoms with E-state index in [1.165, 1.54) is 21.7 Å². The number of benzene rings is 2. The van der Waals surface area contributed by atoms with Crippen molar-refractivity contribution in [3.63, 3.8) is 0 Å². The van der Waals surface area contributed by atoms with Crippen LogP contribution in [0.1, 0.15) is 12.8 Å². The van der Waals surface area contributed by atoms with Crippen molar-refractivity contribution in [2.24, 2.45) is 5.92 Å². The molecule has 0 bridgehead atoms. The molecule has 2 aromatic carbocycles. The number of hydrogen-bond donors (Lipinski definition) is 1. The highest BCUT2D eigenvalue weighted by Gasteiger charge is 2.33. The number of nitrogens with zero attached hydrogens (tertiary/aromatic N) is 2. The van der Waals surface area contributed by atoms with Gasteiger partial charge >= 0.3 is 0 Å². The molecule has 1 fully saturated rings. The van der Waals surface area contributed by atoms with Gasteiger partial charge in [-0.05, 0) is 30.5 Å². The zero-order valence-corrected chi connectivity index (χ0v) is 21.8. The first-order valence-electron chi connectivity index (χ1n) is 11.1. The van der Waals surface area contributed by atoms with Crippen molar-refractivity contribution in [1.82, 2.24) is 9.29 Å². The third kappa shape index (κ3) is 5.19. The lowest BCUT2D eigenvalue weighted by Crippen LogP contribution is -2.41. The van der Waals surface area contributed by atoms with Gasteiger partial charge in [-0.1, -0.05) is 83.6 Å². The largest absolute Gasteiger partial charge is 0.302 e. The molecule has 0 saturated carbocycles. The Balaban J connectivity index is 1.30. The molecule has 5 rings (SSSR count). The molecule has 3 heterocycles. The normalized spacial score (nSPS) is 15.2. The van der Waals surface area contributed by atoms with Crippen molar-refractivity contribution in [2.45, 2.75) is 17.1 Å². The van der Waals surface area contributed by atoms with Gasteiger partial charge in [0.25, 0.3) is 10.0 Å². The van der Waals surface area contributed by atoms with Crippen LogP contribution in [0.3, 0.4) is 0 Å². The Morgan fingerprint density at radius 1 is 0.914 bits per heavy atom. The molecular formula is C25H22ClN3O3S3. The summed E-state index contributed by atoms with van der Waals surface area (Å²) in [7, 11) is -3.59. The van der Waals surface area contributed by atoms with Gasteiger partial charge in [-0.15, -0.1) is 11.3 Å². The number of amides is 1. The molecule has 1 amide bonds. The average molecular weight is 544 g/mol. The molecule has 10 heteroatoms. The number of hydrogen-bond acceptors (Lipinski definition) is 6. The van der Waals surface area contributed by atoms with Gasteiger partial charge in [0.2, 0.25) is 5.91 Å². The number of carbonyl (C=O) groups excluding carboxylic acids is 1. The first-order chi connectivity index (χ1) is 16.9. The molecular weight excluding hydrogens is 522 g/mol. The fourth-order valence-electron chi connectivity index (χ4n) is 4.08. The van der Waals surface area contributed by atoms with Gasteiger partial charge in [0.05, 0.1) is 14.9 Å². The van der Waals surface area contributed by atoms with Gasteiger partial charge in [0, 0.05) is 24.6 Å². The Labute approximate surface area is 217 Å². The van der Waals surface area contributed by atoms with E-state index in [-0.39, 0.29) is 16.0 Å². The number of thiophene rings is 1. The van der Waals surface area contributed by atoms with E-state index in [2.05, 4.69) is 5.32 Å². The first kappa shape index (κ1) is 24.1. The Hall–Kier alpha value is -2.56. The highest BCUT2D eigenvalue weighted by atomic mass is 35.5. The maximum Gasteiger partial charge on any atom is 0.252 e. The predicted octanol–water partition coefficient (Wildman–Crippen LogP) is 6.23. The molecule has 0 unspecified atom stereocenters. The zero-order valence-electron chi connectivity index (χ0n) is 18.6. The summed E-state index contributed by atoms with van der Waals surface area (Å²) < 4.78 is 27.8. The van der Waals surface area contributed by atoms with Gasteiger partial charge in [0.1, 0.15) is 4.21 Å². The summed E-state index contributed by atoms with van der Waals surface area (Å²) in [5.74, 6) is -0.410. The lowest BCUT2D eigenvalue weighted by atomic mass is 9.97. The first-order valence-corrected chi connectivity index (χ1v) is 14.5. The second-order valence-corrected chi connectivity index (χ2v) is 13.0. The van der Waals surface area contributed by atoms with Crippen LogP contribution in [0.15, 0.2) is 77.0 Å². The van der Waals surface area contributed by atoms with Crippen LogP contribution < -0.4 is 5.32 Å². The van der Waals surface area contributed by atoms with Crippen molar-refractivity contribution in [3.05, 3.63) is 77.1 Å². The van der Waals surface area contributed by atoms with E-state index in [1.807, 2.05) is 60.7 Å². The average Bonchev–Trinajstić information content (AvgIpc) is 3.52. The van der Waals surface area contributed by atoms with Gasteiger partial charge in [-0.2, -0.15) is 4.31 Å². The standard InChI is InChI=1S/C25H22ClN3O3S3/c26-20-11-12-21(33-20)35(31,32)29-15-13-19(14-16-29)24(30)28-25-27-22(17-7-3-1-4-8-17)23(34-25)18-9-5-2-6-10-18/h1-12,19H,13-16H2,(H,27,28,30). The SMILES string of the molecule is O=C(Nc1nc(-c2ccccc2)c(-c2ccccc2)s1)C1CCN(S(=O)(=O)c2ccc(Cl)s2)CC1. The molecule has 1 saturated heterocycles. The van der Waals surface area contributed by atoms with Crippen molar-refractivity contribution < 1.29 is 13.2 Å². The van der Waals surface area contributed by atoms with Crippen LogP contribution in [-0.2, 0) is 14.8 Å². The van der Waals surface area contributed by atoms with Crippen LogP contribution in [-0.4, -0.2) is 36.7 Å². The summed E-state index contributed by atoms with van der Waals surface area (Å²) in [5.41, 5.74) is 2.85. The summed E-state index contributed by atoms with van der Waals surface area (Å²) in [6, 6.07) is 23.0. The maximum atomic E-state index is 13.1. The highest BCUT2D eigenvalue weighted by Crippen LogP contribution is 2.39. The number of nitrogens with one attached hydrogen (secondary N) is 1. The number of thiazole rings is 1. The van der Waals surface area contributed by atoms with Gasteiger partial charge in [-0.3, -0.25) is 4.79 Å². The van der Waals surface area contributed by atoms with E-state index >= 15 is 0 Å². The molecule has 180 valence electrons. The van der Waals surface area contributed by atoms with E-state index in [0.29, 0.717) is 35.4 Å². The number of sulfonamides is 1. The van der Waals surface area contributed by atoms with Crippen LogP contribution in [0.25, 0.3) is 21.7 Å². The van der Waals surface area contributed by atoms with E-state index in [0.717, 1.165) is 33.0 Å². The maximum absolute atomic E-state index is 13.1. The van der Waals surface area contributed by atoms with Crippen LogP contribution in [0.5, 0.6) is 0 Å². The summed E-state index contributed by atoms with van der Waals surface area (Å²) in [6.45, 7) is 0.580. The number of aromatic nitrogens is 1. The number of anilines is 1. The van der Waals surface area contributed by atoms with Gasteiger partial charge in [-0.25, -0.2) is 13.4 Å². The minimum absolute atomic E-state index is 0.130. The zero-order chi connectivity index (χ0) is 24.4. The Kier molecular flexibility index (Phi) is 7.04. The number of piperidine rings is 1. The van der Waals surface area contributed by atoms with Crippen LogP contribution in [0.2, 0.25) is 4.34 Å². The number of halogens is 1. The molecule has 1 N–H and O–H groups in total. The van der Waals surface area contributed by atoms with Crippen molar-refractivity contribution in [3.8, 4) is 21.7 Å². The van der Waals surface area contributed by atoms with Crippen molar-refractivity contribution >= 4 is 55.3 Å². The van der Waals surface area contributed by atoms with E-state index in [4.69, 9.17) is 16.6 Å². The predicted molar refractivity (Wildman–Crippen MR) is 142 cm³/mol. The molecule has 4 aromatic rings. The topological polar surface area (TPSA) is 79.4 Å². The van der Waals surface area contributed by atoms with Crippen LogP contribution >= 0.6 is 34.3 Å². The van der Waals surface area contributed by atoms with E-state index < -0.39 is 10.0 Å². The lowest BCUT2D eigenvalue weighted by Gasteiger charge is -2.29. The fraction of sp³-hybridized carbons (Fsp3) is 0.200. The molecule has 2 aromatic heterocycles. The minimum Gasteiger partial charge on any atom is -0.302 e. The number of rotatable bonds is 6. The molecule has 0 aliphatic carbocycles. The third-order valence-electron chi connectivity index (χ3n) is 5.91. The second-order valence-electron chi connectivity index (χ2n) is 8.15. The molecule has 0 radical (unpaired) electrons. The molecule has 35 heavy (non-hydrogen) atoms. The molecule has 6 nitrogen and oxygen atoms in total. The smallest absolute Gasteiger partial charge is 0.252 e. The number of carbonyl (C=O) groups is 1. The van der Waals surface area contributed by atoms with Crippen LogP contribution in [0, 0.1) is 5.92 Å². The lowest BCUT2D eigenvalue weighted by molar-refractivity contribution is -0.120. The van der Waals surface area contributed by atoms with Crippen LogP contribution in [0.4, 0.5) is 5.13 Å². The van der Waals surface area contributed by atoms with Gasteiger partial charge < -0.3 is 5.32 Å². The Morgan fingerprint density at radius 2 is 1.54 bits per heavy atom. The molecule has 0 spiro atoms. The molecule has 1 aliphatic rings. The Bertz CT molecular complexity index is 1370. The van der Waals surface area contributed by atoms with Gasteiger partial charge in [0.15, 0.2) is 5.13 Å². The van der Waals surface area contributed by atoms with Crippen molar-refractivity contribution in [2.75, 3.05) is 18.4 Å². The minimum atomic E-state index is -3.59. The molecule has 0 atom stereocenters. The summed E-state index contributed by atoms with van der Waals surface area (Å²) >= 11 is 8.41. The monoisotopic (exact) mass is 543 g/mol. The third-order valence-corrected chi connectivity index (χ3v) is 10.5. The highest BCUT2D eigenvalue weighted by molar-refractivity contribution is 7.91. The fourth-order valence-corrected chi connectivity index (χ4v) is 8.18. The summed E-state index contributed by atoms with van der Waals surface area (Å²) in [6.07, 6.45) is 0.902. The van der Waals surface area contributed by atoms with E-state index in [9.17, 15) is 13.2 Å². The quantitative estimate of drug-likeness (QED) is 0.312.